The van der Waals surface area contributed by atoms with Crippen molar-refractivity contribution >= 4 is 23.2 Å². The Morgan fingerprint density at radius 3 is 2.27 bits per heavy atom. The minimum absolute atomic E-state index is 0.407. The SMILES string of the molecule is COc1ccccc1NC(=O)C(=O)Nc1ccc(C#N)cc1. The van der Waals surface area contributed by atoms with Crippen LogP contribution in [0.15, 0.2) is 48.5 Å². The van der Waals surface area contributed by atoms with Crippen LogP contribution in [0.5, 0.6) is 5.75 Å². The van der Waals surface area contributed by atoms with E-state index in [4.69, 9.17) is 10.00 Å². The molecule has 0 radical (unpaired) electrons. The van der Waals surface area contributed by atoms with E-state index in [1.165, 1.54) is 7.11 Å². The number of nitrogens with one attached hydrogen (secondary N) is 2. The highest BCUT2D eigenvalue weighted by molar-refractivity contribution is 6.43. The smallest absolute Gasteiger partial charge is 0.314 e. The van der Waals surface area contributed by atoms with Gasteiger partial charge < -0.3 is 15.4 Å². The van der Waals surface area contributed by atoms with Gasteiger partial charge >= 0.3 is 11.8 Å². The van der Waals surface area contributed by atoms with Crippen LogP contribution >= 0.6 is 0 Å². The Labute approximate surface area is 127 Å². The van der Waals surface area contributed by atoms with E-state index in [1.54, 1.807) is 48.5 Å². The van der Waals surface area contributed by atoms with Gasteiger partial charge in [-0.3, -0.25) is 9.59 Å². The third-order valence-electron chi connectivity index (χ3n) is 2.83. The normalized spacial score (nSPS) is 9.45. The molecule has 2 aromatic rings. The molecule has 110 valence electrons. The van der Waals surface area contributed by atoms with Gasteiger partial charge in [0.15, 0.2) is 0 Å². The highest BCUT2D eigenvalue weighted by atomic mass is 16.5. The predicted octanol–water partition coefficient (Wildman–Crippen LogP) is 2.14. The quantitative estimate of drug-likeness (QED) is 0.849. The molecule has 0 aliphatic rings. The maximum atomic E-state index is 11.9. The van der Waals surface area contributed by atoms with Gasteiger partial charge in [-0.05, 0) is 36.4 Å². The van der Waals surface area contributed by atoms with Crippen molar-refractivity contribution in [3.05, 3.63) is 54.1 Å². The van der Waals surface area contributed by atoms with Crippen LogP contribution in [0.25, 0.3) is 0 Å². The molecule has 0 spiro atoms. The fourth-order valence-corrected chi connectivity index (χ4v) is 1.74. The highest BCUT2D eigenvalue weighted by Crippen LogP contribution is 2.22. The van der Waals surface area contributed by atoms with Gasteiger partial charge in [-0.15, -0.1) is 0 Å². The summed E-state index contributed by atoms with van der Waals surface area (Å²) in [7, 11) is 1.47. The first kappa shape index (κ1) is 15.1. The number of amides is 2. The zero-order chi connectivity index (χ0) is 15.9. The molecule has 0 unspecified atom stereocenters. The maximum absolute atomic E-state index is 11.9. The number of carbonyl (C=O) groups excluding carboxylic acids is 2. The number of ether oxygens (including phenoxy) is 1. The minimum atomic E-state index is -0.811. The monoisotopic (exact) mass is 295 g/mol. The van der Waals surface area contributed by atoms with Gasteiger partial charge in [0.2, 0.25) is 0 Å². The minimum Gasteiger partial charge on any atom is -0.495 e. The third kappa shape index (κ3) is 3.61. The van der Waals surface area contributed by atoms with Crippen LogP contribution in [0.2, 0.25) is 0 Å². The van der Waals surface area contributed by atoms with Gasteiger partial charge in [-0.1, -0.05) is 12.1 Å². The van der Waals surface area contributed by atoms with E-state index in [1.807, 2.05) is 6.07 Å². The Balaban J connectivity index is 2.03. The molecule has 2 amide bonds. The van der Waals surface area contributed by atoms with Crippen molar-refractivity contribution in [3.8, 4) is 11.8 Å². The first-order valence-electron chi connectivity index (χ1n) is 6.39. The lowest BCUT2D eigenvalue weighted by atomic mass is 10.2. The molecule has 0 fully saturated rings. The van der Waals surface area contributed by atoms with E-state index < -0.39 is 11.8 Å². The molecule has 22 heavy (non-hydrogen) atoms. The topological polar surface area (TPSA) is 91.2 Å². The molecule has 0 atom stereocenters. The maximum Gasteiger partial charge on any atom is 0.314 e. The molecule has 0 aliphatic carbocycles. The number of hydrogen-bond donors (Lipinski definition) is 2. The molecule has 0 saturated carbocycles. The Morgan fingerprint density at radius 2 is 1.64 bits per heavy atom. The van der Waals surface area contributed by atoms with Crippen LogP contribution in [0.1, 0.15) is 5.56 Å². The number of para-hydroxylation sites is 2. The summed E-state index contributed by atoms with van der Waals surface area (Å²) in [6, 6.07) is 14.9. The van der Waals surface area contributed by atoms with Crippen LogP contribution in [-0.2, 0) is 9.59 Å². The Morgan fingerprint density at radius 1 is 1.00 bits per heavy atom. The summed E-state index contributed by atoms with van der Waals surface area (Å²) in [5, 5.41) is 13.6. The predicted molar refractivity (Wildman–Crippen MR) is 81.4 cm³/mol. The van der Waals surface area contributed by atoms with Crippen molar-refractivity contribution in [2.45, 2.75) is 0 Å². The molecular formula is C16H13N3O3. The summed E-state index contributed by atoms with van der Waals surface area (Å²) in [4.78, 5) is 23.7. The van der Waals surface area contributed by atoms with E-state index >= 15 is 0 Å². The van der Waals surface area contributed by atoms with Crippen molar-refractivity contribution < 1.29 is 14.3 Å². The molecule has 0 heterocycles. The average Bonchev–Trinajstić information content (AvgIpc) is 2.56. The van der Waals surface area contributed by atoms with Crippen molar-refractivity contribution in [3.63, 3.8) is 0 Å². The standard InChI is InChI=1S/C16H13N3O3/c1-22-14-5-3-2-4-13(14)19-16(21)15(20)18-12-8-6-11(10-17)7-9-12/h2-9H,1H3,(H,18,20)(H,19,21). The van der Waals surface area contributed by atoms with Gasteiger partial charge in [0.05, 0.1) is 24.4 Å². The number of rotatable bonds is 3. The summed E-state index contributed by atoms with van der Waals surface area (Å²) in [6.07, 6.45) is 0. The van der Waals surface area contributed by atoms with Gasteiger partial charge in [0.1, 0.15) is 5.75 Å². The van der Waals surface area contributed by atoms with E-state index in [-0.39, 0.29) is 0 Å². The van der Waals surface area contributed by atoms with Crippen LogP contribution in [-0.4, -0.2) is 18.9 Å². The van der Waals surface area contributed by atoms with Crippen LogP contribution in [0.4, 0.5) is 11.4 Å². The van der Waals surface area contributed by atoms with E-state index in [0.29, 0.717) is 22.7 Å². The van der Waals surface area contributed by atoms with Gasteiger partial charge in [0, 0.05) is 5.69 Å². The summed E-state index contributed by atoms with van der Waals surface area (Å²) in [6.45, 7) is 0. The number of hydrogen-bond acceptors (Lipinski definition) is 4. The first-order chi connectivity index (χ1) is 10.6. The van der Waals surface area contributed by atoms with E-state index in [2.05, 4.69) is 10.6 Å². The Hall–Kier alpha value is -3.33. The molecule has 0 bridgehead atoms. The third-order valence-corrected chi connectivity index (χ3v) is 2.83. The molecule has 6 heteroatoms. The average molecular weight is 295 g/mol. The van der Waals surface area contributed by atoms with Crippen molar-refractivity contribution in [1.29, 1.82) is 5.26 Å². The molecule has 2 aromatic carbocycles. The van der Waals surface area contributed by atoms with Gasteiger partial charge in [-0.2, -0.15) is 5.26 Å². The largest absolute Gasteiger partial charge is 0.495 e. The van der Waals surface area contributed by atoms with E-state index in [9.17, 15) is 9.59 Å². The second kappa shape index (κ2) is 6.90. The number of nitriles is 1. The number of methoxy groups -OCH3 is 1. The van der Waals surface area contributed by atoms with Crippen LogP contribution in [0, 0.1) is 11.3 Å². The molecule has 6 nitrogen and oxygen atoms in total. The molecule has 0 aromatic heterocycles. The fraction of sp³-hybridized carbons (Fsp3) is 0.0625. The van der Waals surface area contributed by atoms with Gasteiger partial charge in [-0.25, -0.2) is 0 Å². The number of carbonyl (C=O) groups is 2. The van der Waals surface area contributed by atoms with Crippen molar-refractivity contribution in [2.24, 2.45) is 0 Å². The molecular weight excluding hydrogens is 282 g/mol. The molecule has 0 aliphatic heterocycles. The Kier molecular flexibility index (Phi) is 4.73. The lowest BCUT2D eigenvalue weighted by molar-refractivity contribution is -0.133. The number of benzene rings is 2. The first-order valence-corrected chi connectivity index (χ1v) is 6.39. The number of anilines is 2. The second-order valence-electron chi connectivity index (χ2n) is 4.30. The van der Waals surface area contributed by atoms with E-state index in [0.717, 1.165) is 0 Å². The zero-order valence-corrected chi connectivity index (χ0v) is 11.8. The highest BCUT2D eigenvalue weighted by Gasteiger charge is 2.15. The van der Waals surface area contributed by atoms with Crippen molar-refractivity contribution in [2.75, 3.05) is 17.7 Å². The zero-order valence-electron chi connectivity index (χ0n) is 11.8. The lowest BCUT2D eigenvalue weighted by Gasteiger charge is -2.09. The Bertz CT molecular complexity index is 733. The summed E-state index contributed by atoms with van der Waals surface area (Å²) >= 11 is 0. The van der Waals surface area contributed by atoms with Crippen LogP contribution < -0.4 is 15.4 Å². The van der Waals surface area contributed by atoms with Crippen molar-refractivity contribution in [1.82, 2.24) is 0 Å². The molecule has 2 rings (SSSR count). The molecule has 2 N–H and O–H groups in total. The summed E-state index contributed by atoms with van der Waals surface area (Å²) < 4.78 is 5.09. The fourth-order valence-electron chi connectivity index (χ4n) is 1.74. The molecule has 0 saturated heterocycles. The number of nitrogens with zero attached hydrogens (tertiary/aromatic N) is 1. The summed E-state index contributed by atoms with van der Waals surface area (Å²) in [5.41, 5.74) is 1.31. The van der Waals surface area contributed by atoms with Gasteiger partial charge in [0.25, 0.3) is 0 Å². The van der Waals surface area contributed by atoms with Crippen LogP contribution in [0.3, 0.4) is 0 Å². The lowest BCUT2D eigenvalue weighted by Crippen LogP contribution is -2.29. The second-order valence-corrected chi connectivity index (χ2v) is 4.30. The summed E-state index contributed by atoms with van der Waals surface area (Å²) in [5.74, 6) is -1.16.